The summed E-state index contributed by atoms with van der Waals surface area (Å²) in [5.41, 5.74) is 1.64. The van der Waals surface area contributed by atoms with Gasteiger partial charge in [0.2, 0.25) is 0 Å². The lowest BCUT2D eigenvalue weighted by molar-refractivity contribution is -0.147. The van der Waals surface area contributed by atoms with Gasteiger partial charge in [0.05, 0.1) is 17.7 Å². The second kappa shape index (κ2) is 11.1. The fourth-order valence-corrected chi connectivity index (χ4v) is 5.05. The van der Waals surface area contributed by atoms with Crippen molar-refractivity contribution in [1.82, 2.24) is 9.80 Å². The Balaban J connectivity index is 1.30. The molecule has 2 saturated heterocycles. The molecule has 2 aromatic carbocycles. The molecule has 2 aliphatic heterocycles. The molecule has 0 aromatic heterocycles. The number of hydrogen-bond acceptors (Lipinski definition) is 5. The second-order valence-electron chi connectivity index (χ2n) is 8.74. The Kier molecular flexibility index (Phi) is 8.15. The highest BCUT2D eigenvalue weighted by Crippen LogP contribution is 2.34. The van der Waals surface area contributed by atoms with Crippen molar-refractivity contribution >= 4 is 29.2 Å². The van der Waals surface area contributed by atoms with Crippen molar-refractivity contribution in [1.29, 1.82) is 0 Å². The first-order valence-electron chi connectivity index (χ1n) is 11.4. The molecule has 0 spiro atoms. The van der Waals surface area contributed by atoms with Crippen LogP contribution in [0.3, 0.4) is 0 Å². The van der Waals surface area contributed by atoms with E-state index < -0.39 is 12.0 Å². The number of benzene rings is 2. The summed E-state index contributed by atoms with van der Waals surface area (Å²) in [7, 11) is 0. The van der Waals surface area contributed by atoms with Gasteiger partial charge < -0.3 is 19.5 Å². The zero-order valence-corrected chi connectivity index (χ0v) is 20.3. The standard InChI is InChI=1S/C25H30Cl2N2O4/c1-17-21(26)7-8-22(23(17)27)33-19-9-11-28(12-10-19)15-20-16-29(13-14-32-20)24(25(30)31)18-5-3-2-4-6-18/h2-8,19-20,24H,9-16H2,1H3,(H,30,31)/t20-,24?/m1/s1. The molecular formula is C25H30Cl2N2O4. The van der Waals surface area contributed by atoms with Crippen molar-refractivity contribution in [2.45, 2.75) is 38.0 Å². The summed E-state index contributed by atoms with van der Waals surface area (Å²) in [6, 6.07) is 12.4. The molecule has 2 fully saturated rings. The van der Waals surface area contributed by atoms with Crippen LogP contribution in [0.25, 0.3) is 0 Å². The summed E-state index contributed by atoms with van der Waals surface area (Å²) in [6.07, 6.45) is 1.89. The van der Waals surface area contributed by atoms with Crippen LogP contribution < -0.4 is 4.74 Å². The molecular weight excluding hydrogens is 463 g/mol. The molecule has 0 aliphatic carbocycles. The smallest absolute Gasteiger partial charge is 0.325 e. The maximum atomic E-state index is 12.0. The summed E-state index contributed by atoms with van der Waals surface area (Å²) < 4.78 is 12.2. The summed E-state index contributed by atoms with van der Waals surface area (Å²) in [4.78, 5) is 16.4. The lowest BCUT2D eigenvalue weighted by Crippen LogP contribution is -2.51. The van der Waals surface area contributed by atoms with Crippen LogP contribution in [-0.2, 0) is 9.53 Å². The van der Waals surface area contributed by atoms with Gasteiger partial charge in [0.1, 0.15) is 17.9 Å². The summed E-state index contributed by atoms with van der Waals surface area (Å²) in [6.45, 7) is 6.22. The van der Waals surface area contributed by atoms with E-state index in [4.69, 9.17) is 32.7 Å². The SMILES string of the molecule is Cc1c(Cl)ccc(OC2CCN(C[C@@H]3CN(C(C(=O)O)c4ccccc4)CCO3)CC2)c1Cl. The van der Waals surface area contributed by atoms with Crippen molar-refractivity contribution in [3.05, 3.63) is 63.6 Å². The summed E-state index contributed by atoms with van der Waals surface area (Å²) in [5.74, 6) is -0.139. The molecule has 4 rings (SSSR count). The van der Waals surface area contributed by atoms with Gasteiger partial charge in [-0.2, -0.15) is 0 Å². The highest BCUT2D eigenvalue weighted by Gasteiger charge is 2.33. The maximum absolute atomic E-state index is 12.0. The zero-order chi connectivity index (χ0) is 23.4. The molecule has 0 radical (unpaired) electrons. The average Bonchev–Trinajstić information content (AvgIpc) is 2.81. The van der Waals surface area contributed by atoms with Gasteiger partial charge in [0.25, 0.3) is 0 Å². The van der Waals surface area contributed by atoms with Crippen LogP contribution in [0.15, 0.2) is 42.5 Å². The fourth-order valence-electron chi connectivity index (χ4n) is 4.64. The maximum Gasteiger partial charge on any atom is 0.325 e. The van der Waals surface area contributed by atoms with E-state index in [-0.39, 0.29) is 12.2 Å². The Morgan fingerprint density at radius 2 is 1.88 bits per heavy atom. The Morgan fingerprint density at radius 3 is 2.58 bits per heavy atom. The van der Waals surface area contributed by atoms with E-state index in [0.29, 0.717) is 35.5 Å². The first kappa shape index (κ1) is 24.3. The van der Waals surface area contributed by atoms with Gasteiger partial charge >= 0.3 is 5.97 Å². The van der Waals surface area contributed by atoms with E-state index in [1.54, 1.807) is 0 Å². The molecule has 0 amide bonds. The number of halogens is 2. The number of rotatable bonds is 7. The summed E-state index contributed by atoms with van der Waals surface area (Å²) >= 11 is 12.5. The van der Waals surface area contributed by atoms with Crippen molar-refractivity contribution in [2.24, 2.45) is 0 Å². The van der Waals surface area contributed by atoms with E-state index in [1.807, 2.05) is 54.3 Å². The number of piperidine rings is 1. The van der Waals surface area contributed by atoms with Crippen molar-refractivity contribution in [2.75, 3.05) is 39.3 Å². The van der Waals surface area contributed by atoms with Gasteiger partial charge in [0.15, 0.2) is 0 Å². The number of hydrogen-bond donors (Lipinski definition) is 1. The molecule has 0 bridgehead atoms. The minimum absolute atomic E-state index is 0.0184. The molecule has 2 aromatic rings. The van der Waals surface area contributed by atoms with Gasteiger partial charge in [-0.25, -0.2) is 0 Å². The predicted octanol–water partition coefficient (Wildman–Crippen LogP) is 4.67. The van der Waals surface area contributed by atoms with Crippen LogP contribution >= 0.6 is 23.2 Å². The van der Waals surface area contributed by atoms with Crippen LogP contribution in [0, 0.1) is 6.92 Å². The van der Waals surface area contributed by atoms with E-state index in [1.165, 1.54) is 0 Å². The number of ether oxygens (including phenoxy) is 2. The van der Waals surface area contributed by atoms with Crippen molar-refractivity contribution in [3.63, 3.8) is 0 Å². The van der Waals surface area contributed by atoms with E-state index >= 15 is 0 Å². The van der Waals surface area contributed by atoms with Gasteiger partial charge in [-0.15, -0.1) is 0 Å². The van der Waals surface area contributed by atoms with Crippen LogP contribution in [0.5, 0.6) is 5.75 Å². The largest absolute Gasteiger partial charge is 0.489 e. The number of aliphatic carboxylic acids is 1. The lowest BCUT2D eigenvalue weighted by Gasteiger charge is -2.40. The fraction of sp³-hybridized carbons (Fsp3) is 0.480. The molecule has 33 heavy (non-hydrogen) atoms. The predicted molar refractivity (Wildman–Crippen MR) is 129 cm³/mol. The number of nitrogens with zero attached hydrogens (tertiary/aromatic N) is 2. The van der Waals surface area contributed by atoms with Crippen LogP contribution in [0.1, 0.15) is 30.0 Å². The van der Waals surface area contributed by atoms with Crippen LogP contribution in [0.2, 0.25) is 10.0 Å². The molecule has 2 aliphatic rings. The van der Waals surface area contributed by atoms with E-state index in [2.05, 4.69) is 4.90 Å². The Hall–Kier alpha value is -1.83. The molecule has 0 saturated carbocycles. The van der Waals surface area contributed by atoms with E-state index in [0.717, 1.165) is 43.6 Å². The minimum Gasteiger partial charge on any atom is -0.489 e. The van der Waals surface area contributed by atoms with E-state index in [9.17, 15) is 9.90 Å². The second-order valence-corrected chi connectivity index (χ2v) is 9.53. The normalized spacial score (nSPS) is 21.6. The molecule has 2 atom stereocenters. The summed E-state index contributed by atoms with van der Waals surface area (Å²) in [5, 5.41) is 11.1. The minimum atomic E-state index is -0.823. The Labute approximate surface area is 205 Å². The lowest BCUT2D eigenvalue weighted by atomic mass is 10.0. The van der Waals surface area contributed by atoms with Gasteiger partial charge in [-0.05, 0) is 43.0 Å². The van der Waals surface area contributed by atoms with Gasteiger partial charge in [0, 0.05) is 37.7 Å². The third-order valence-electron chi connectivity index (χ3n) is 6.46. The quantitative estimate of drug-likeness (QED) is 0.605. The first-order valence-corrected chi connectivity index (χ1v) is 12.1. The third kappa shape index (κ3) is 6.00. The van der Waals surface area contributed by atoms with Crippen LogP contribution in [-0.4, -0.2) is 72.4 Å². The first-order chi connectivity index (χ1) is 15.9. The molecule has 1 unspecified atom stereocenters. The van der Waals surface area contributed by atoms with Crippen molar-refractivity contribution in [3.8, 4) is 5.75 Å². The zero-order valence-electron chi connectivity index (χ0n) is 18.8. The molecule has 2 heterocycles. The van der Waals surface area contributed by atoms with Crippen LogP contribution in [0.4, 0.5) is 0 Å². The topological polar surface area (TPSA) is 62.2 Å². The Bertz CT molecular complexity index is 951. The third-order valence-corrected chi connectivity index (χ3v) is 7.34. The highest BCUT2D eigenvalue weighted by molar-refractivity contribution is 6.36. The number of carboxylic acid groups (broad SMARTS) is 1. The number of likely N-dealkylation sites (tertiary alicyclic amines) is 1. The monoisotopic (exact) mass is 492 g/mol. The number of morpholine rings is 1. The number of carbonyl (C=O) groups is 1. The van der Waals surface area contributed by atoms with Crippen molar-refractivity contribution < 1.29 is 19.4 Å². The van der Waals surface area contributed by atoms with Gasteiger partial charge in [-0.3, -0.25) is 9.69 Å². The Morgan fingerprint density at radius 1 is 1.15 bits per heavy atom. The number of carboxylic acids is 1. The molecule has 178 valence electrons. The molecule has 6 nitrogen and oxygen atoms in total. The molecule has 1 N–H and O–H groups in total. The highest BCUT2D eigenvalue weighted by atomic mass is 35.5. The molecule has 8 heteroatoms. The van der Waals surface area contributed by atoms with Gasteiger partial charge in [-0.1, -0.05) is 53.5 Å². The average molecular weight is 493 g/mol.